The number of hydrogen-bond donors (Lipinski definition) is 2. The normalized spacial score (nSPS) is 12.0. The molecule has 1 heterocycles. The molecule has 0 aliphatic heterocycles. The zero-order chi connectivity index (χ0) is 27.8. The molecule has 0 aliphatic carbocycles. The van der Waals surface area contributed by atoms with Gasteiger partial charge in [-0.15, -0.1) is 0 Å². The van der Waals surface area contributed by atoms with Crippen molar-refractivity contribution in [2.24, 2.45) is 0 Å². The van der Waals surface area contributed by atoms with Crippen LogP contribution in [0.4, 0.5) is 0 Å². The number of benzene rings is 3. The molecule has 0 saturated heterocycles. The second-order valence-corrected chi connectivity index (χ2v) is 11.1. The van der Waals surface area contributed by atoms with Gasteiger partial charge in [-0.05, 0) is 37.1 Å². The summed E-state index contributed by atoms with van der Waals surface area (Å²) < 4.78 is 8.65. The third kappa shape index (κ3) is 7.05. The van der Waals surface area contributed by atoms with Gasteiger partial charge in [-0.2, -0.15) is 0 Å². The van der Waals surface area contributed by atoms with E-state index in [4.69, 9.17) is 21.3 Å². The SMILES string of the molecule is CCCCC(NCc1cc(Br)cc(OC)c1O)c1c(-c2ccc(Cl)cc2)nc(-c2ccccc2)n1CCCC. The molecule has 1 unspecified atom stereocenters. The number of hydrogen-bond acceptors (Lipinski definition) is 4. The van der Waals surface area contributed by atoms with E-state index in [-0.39, 0.29) is 11.8 Å². The number of phenols is 1. The summed E-state index contributed by atoms with van der Waals surface area (Å²) in [4.78, 5) is 5.28. The lowest BCUT2D eigenvalue weighted by Crippen LogP contribution is -2.25. The van der Waals surface area contributed by atoms with Gasteiger partial charge in [-0.1, -0.05) is 103 Å². The fraction of sp³-hybridized carbons (Fsp3) is 0.344. The van der Waals surface area contributed by atoms with E-state index >= 15 is 0 Å². The van der Waals surface area contributed by atoms with Gasteiger partial charge in [-0.25, -0.2) is 4.98 Å². The first-order valence-corrected chi connectivity index (χ1v) is 14.8. The molecule has 4 rings (SSSR count). The summed E-state index contributed by atoms with van der Waals surface area (Å²) in [6.45, 7) is 5.79. The molecule has 5 nitrogen and oxygen atoms in total. The Kier molecular flexibility index (Phi) is 10.5. The van der Waals surface area contributed by atoms with Gasteiger partial charge in [0.2, 0.25) is 0 Å². The number of halogens is 2. The fourth-order valence-electron chi connectivity index (χ4n) is 4.88. The first-order chi connectivity index (χ1) is 19.0. The number of unbranched alkanes of at least 4 members (excludes halogenated alkanes) is 2. The highest BCUT2D eigenvalue weighted by atomic mass is 79.9. The topological polar surface area (TPSA) is 59.3 Å². The summed E-state index contributed by atoms with van der Waals surface area (Å²) in [5.41, 5.74) is 5.04. The van der Waals surface area contributed by atoms with E-state index in [1.807, 2.05) is 24.3 Å². The molecule has 1 aromatic heterocycles. The third-order valence-corrected chi connectivity index (χ3v) is 7.66. The summed E-state index contributed by atoms with van der Waals surface area (Å²) in [6, 6.07) is 22.1. The van der Waals surface area contributed by atoms with Crippen molar-refractivity contribution < 1.29 is 9.84 Å². The molecule has 1 atom stereocenters. The minimum absolute atomic E-state index is 0.0156. The summed E-state index contributed by atoms with van der Waals surface area (Å²) in [5, 5.41) is 15.3. The maximum absolute atomic E-state index is 10.8. The van der Waals surface area contributed by atoms with E-state index in [1.165, 1.54) is 5.69 Å². The number of aromatic hydroxyl groups is 1. The molecule has 206 valence electrons. The van der Waals surface area contributed by atoms with Crippen LogP contribution in [0.15, 0.2) is 71.2 Å². The molecule has 2 N–H and O–H groups in total. The summed E-state index contributed by atoms with van der Waals surface area (Å²) in [5.74, 6) is 1.58. The average Bonchev–Trinajstić information content (AvgIpc) is 3.33. The second-order valence-electron chi connectivity index (χ2n) is 9.74. The minimum atomic E-state index is 0.0156. The zero-order valence-electron chi connectivity index (χ0n) is 22.9. The molecule has 0 spiro atoms. The van der Waals surface area contributed by atoms with E-state index in [1.54, 1.807) is 13.2 Å². The van der Waals surface area contributed by atoms with Gasteiger partial charge in [0.05, 0.1) is 24.5 Å². The number of nitrogens with one attached hydrogen (secondary N) is 1. The lowest BCUT2D eigenvalue weighted by molar-refractivity contribution is 0.367. The van der Waals surface area contributed by atoms with Crippen LogP contribution in [-0.4, -0.2) is 21.8 Å². The quantitative estimate of drug-likeness (QED) is 0.158. The lowest BCUT2D eigenvalue weighted by Gasteiger charge is -2.24. The van der Waals surface area contributed by atoms with Gasteiger partial charge in [-0.3, -0.25) is 0 Å². The predicted octanol–water partition coefficient (Wildman–Crippen LogP) is 9.17. The molecule has 0 fully saturated rings. The number of imidazole rings is 1. The second kappa shape index (κ2) is 14.0. The smallest absolute Gasteiger partial charge is 0.162 e. The molecule has 0 saturated carbocycles. The van der Waals surface area contributed by atoms with Crippen molar-refractivity contribution in [1.82, 2.24) is 14.9 Å². The molecule has 7 heteroatoms. The standard InChI is InChI=1S/C32H37BrClN3O2/c1-4-6-13-27(35-21-24-19-25(33)20-28(39-3)31(24)38)30-29(22-14-16-26(34)17-15-22)36-32(37(30)18-7-5-2)23-11-9-8-10-12-23/h8-12,14-17,19-20,27,35,38H,4-7,13,18,21H2,1-3H3. The van der Waals surface area contributed by atoms with Crippen LogP contribution < -0.4 is 10.1 Å². The number of nitrogens with zero attached hydrogens (tertiary/aromatic N) is 2. The van der Waals surface area contributed by atoms with E-state index in [9.17, 15) is 5.11 Å². The number of methoxy groups -OCH3 is 1. The largest absolute Gasteiger partial charge is 0.504 e. The highest BCUT2D eigenvalue weighted by Crippen LogP contribution is 2.38. The van der Waals surface area contributed by atoms with Crippen molar-refractivity contribution in [1.29, 1.82) is 0 Å². The molecule has 3 aromatic carbocycles. The van der Waals surface area contributed by atoms with Gasteiger partial charge in [0.25, 0.3) is 0 Å². The van der Waals surface area contributed by atoms with Gasteiger partial charge in [0.1, 0.15) is 5.82 Å². The molecular weight excluding hydrogens is 574 g/mol. The molecule has 0 radical (unpaired) electrons. The van der Waals surface area contributed by atoms with Crippen molar-refractivity contribution in [3.63, 3.8) is 0 Å². The molecule has 0 bridgehead atoms. The third-order valence-electron chi connectivity index (χ3n) is 6.95. The molecule has 39 heavy (non-hydrogen) atoms. The Morgan fingerprint density at radius 2 is 1.72 bits per heavy atom. The highest BCUT2D eigenvalue weighted by molar-refractivity contribution is 9.10. The number of rotatable bonds is 13. The molecular formula is C32H37BrClN3O2. The van der Waals surface area contributed by atoms with Gasteiger partial charge in [0, 0.05) is 39.3 Å². The Morgan fingerprint density at radius 3 is 2.38 bits per heavy atom. The van der Waals surface area contributed by atoms with Crippen LogP contribution in [-0.2, 0) is 13.1 Å². The number of aromatic nitrogens is 2. The van der Waals surface area contributed by atoms with E-state index in [2.05, 4.69) is 76.1 Å². The predicted molar refractivity (Wildman–Crippen MR) is 164 cm³/mol. The summed E-state index contributed by atoms with van der Waals surface area (Å²) in [7, 11) is 1.57. The Bertz CT molecular complexity index is 1360. The zero-order valence-corrected chi connectivity index (χ0v) is 25.2. The van der Waals surface area contributed by atoms with Gasteiger partial charge < -0.3 is 19.7 Å². The Hall–Kier alpha value is -2.80. The van der Waals surface area contributed by atoms with E-state index in [0.717, 1.165) is 71.3 Å². The molecule has 0 aliphatic rings. The maximum Gasteiger partial charge on any atom is 0.162 e. The van der Waals surface area contributed by atoms with Crippen LogP contribution in [0.25, 0.3) is 22.6 Å². The summed E-state index contributed by atoms with van der Waals surface area (Å²) >= 11 is 9.82. The average molecular weight is 611 g/mol. The van der Waals surface area contributed by atoms with Crippen molar-refractivity contribution in [2.75, 3.05) is 7.11 Å². The van der Waals surface area contributed by atoms with Crippen LogP contribution >= 0.6 is 27.5 Å². The highest BCUT2D eigenvalue weighted by Gasteiger charge is 2.26. The van der Waals surface area contributed by atoms with Crippen molar-refractivity contribution in [3.05, 3.63) is 87.5 Å². The Labute approximate surface area is 245 Å². The monoisotopic (exact) mass is 609 g/mol. The fourth-order valence-corrected chi connectivity index (χ4v) is 5.49. The first-order valence-electron chi connectivity index (χ1n) is 13.7. The molecule has 0 amide bonds. The lowest BCUT2D eigenvalue weighted by atomic mass is 10.00. The Morgan fingerprint density at radius 1 is 1.00 bits per heavy atom. The van der Waals surface area contributed by atoms with Crippen molar-refractivity contribution in [2.45, 2.75) is 65.1 Å². The first kappa shape index (κ1) is 29.2. The Balaban J connectivity index is 1.85. The maximum atomic E-state index is 10.8. The van der Waals surface area contributed by atoms with Crippen LogP contribution in [0.1, 0.15) is 63.3 Å². The van der Waals surface area contributed by atoms with E-state index < -0.39 is 0 Å². The van der Waals surface area contributed by atoms with Crippen LogP contribution in [0.5, 0.6) is 11.5 Å². The van der Waals surface area contributed by atoms with Gasteiger partial charge >= 0.3 is 0 Å². The van der Waals surface area contributed by atoms with Crippen molar-refractivity contribution >= 4 is 27.5 Å². The number of ether oxygens (including phenoxy) is 1. The van der Waals surface area contributed by atoms with Crippen LogP contribution in [0.2, 0.25) is 5.02 Å². The summed E-state index contributed by atoms with van der Waals surface area (Å²) in [6.07, 6.45) is 5.22. The number of phenolic OH excluding ortho intramolecular Hbond substituents is 1. The van der Waals surface area contributed by atoms with Gasteiger partial charge in [0.15, 0.2) is 11.5 Å². The minimum Gasteiger partial charge on any atom is -0.504 e. The molecule has 4 aromatic rings. The van der Waals surface area contributed by atoms with E-state index in [0.29, 0.717) is 17.3 Å². The van der Waals surface area contributed by atoms with Crippen molar-refractivity contribution in [3.8, 4) is 34.1 Å². The van der Waals surface area contributed by atoms with Crippen LogP contribution in [0, 0.1) is 0 Å². The van der Waals surface area contributed by atoms with Crippen LogP contribution in [0.3, 0.4) is 0 Å².